The highest BCUT2D eigenvalue weighted by molar-refractivity contribution is 7.89. The van der Waals surface area contributed by atoms with E-state index in [0.717, 1.165) is 38.8 Å². The fraction of sp³-hybridized carbons (Fsp3) is 0.571. The molecule has 0 saturated carbocycles. The number of sulfonamides is 1. The number of rotatable bonds is 8. The lowest BCUT2D eigenvalue weighted by Crippen LogP contribution is -2.44. The molecule has 0 bridgehead atoms. The Kier molecular flexibility index (Phi) is 6.49. The number of nitro groups is 1. The molecular weight excluding hydrogens is 336 g/mol. The second-order valence-electron chi connectivity index (χ2n) is 5.44. The molecule has 10 heteroatoms. The highest BCUT2D eigenvalue weighted by Gasteiger charge is 2.22. The summed E-state index contributed by atoms with van der Waals surface area (Å²) >= 11 is 0. The SMILES string of the molecule is COc1ccc([N+](=O)[O-])cc1S(=O)(=O)NCCCN1CCNCC1. The zero-order valence-electron chi connectivity index (χ0n) is 13.5. The lowest BCUT2D eigenvalue weighted by Gasteiger charge is -2.27. The molecule has 24 heavy (non-hydrogen) atoms. The van der Waals surface area contributed by atoms with Crippen LogP contribution in [0, 0.1) is 10.1 Å². The van der Waals surface area contributed by atoms with E-state index in [1.807, 2.05) is 0 Å². The second-order valence-corrected chi connectivity index (χ2v) is 7.17. The third-order valence-corrected chi connectivity index (χ3v) is 5.28. The Hall–Kier alpha value is -1.75. The number of benzene rings is 1. The highest BCUT2D eigenvalue weighted by Crippen LogP contribution is 2.27. The molecule has 2 rings (SSSR count). The van der Waals surface area contributed by atoms with Crippen molar-refractivity contribution < 1.29 is 18.1 Å². The second kappa shape index (κ2) is 8.38. The first kappa shape index (κ1) is 18.6. The largest absolute Gasteiger partial charge is 0.495 e. The van der Waals surface area contributed by atoms with Gasteiger partial charge in [-0.1, -0.05) is 0 Å². The Morgan fingerprint density at radius 2 is 2.08 bits per heavy atom. The van der Waals surface area contributed by atoms with Gasteiger partial charge in [0.25, 0.3) is 5.69 Å². The summed E-state index contributed by atoms with van der Waals surface area (Å²) in [7, 11) is -2.55. The number of non-ortho nitro benzene ring substituents is 1. The molecule has 1 heterocycles. The maximum Gasteiger partial charge on any atom is 0.271 e. The van der Waals surface area contributed by atoms with Gasteiger partial charge >= 0.3 is 0 Å². The van der Waals surface area contributed by atoms with Crippen LogP contribution in [0.5, 0.6) is 5.75 Å². The fourth-order valence-electron chi connectivity index (χ4n) is 2.51. The lowest BCUT2D eigenvalue weighted by atomic mass is 10.3. The van der Waals surface area contributed by atoms with Crippen molar-refractivity contribution in [3.05, 3.63) is 28.3 Å². The molecular formula is C14H22N4O5S. The molecule has 1 aliphatic heterocycles. The van der Waals surface area contributed by atoms with Crippen molar-refractivity contribution in [2.45, 2.75) is 11.3 Å². The minimum absolute atomic E-state index is 0.0789. The zero-order valence-corrected chi connectivity index (χ0v) is 14.3. The summed E-state index contributed by atoms with van der Waals surface area (Å²) in [6, 6.07) is 3.51. The normalized spacial score (nSPS) is 16.0. The number of hydrogen-bond acceptors (Lipinski definition) is 7. The summed E-state index contributed by atoms with van der Waals surface area (Å²) in [5, 5.41) is 14.1. The van der Waals surface area contributed by atoms with E-state index >= 15 is 0 Å². The van der Waals surface area contributed by atoms with Gasteiger partial charge in [0.15, 0.2) is 0 Å². The van der Waals surface area contributed by atoms with Crippen LogP contribution in [0.25, 0.3) is 0 Å². The Labute approximate surface area is 141 Å². The topological polar surface area (TPSA) is 114 Å². The number of nitrogens with one attached hydrogen (secondary N) is 2. The molecule has 0 spiro atoms. The molecule has 1 saturated heterocycles. The summed E-state index contributed by atoms with van der Waals surface area (Å²) in [6.07, 6.45) is 0.663. The smallest absolute Gasteiger partial charge is 0.271 e. The van der Waals surface area contributed by atoms with Gasteiger partial charge in [0.05, 0.1) is 12.0 Å². The van der Waals surface area contributed by atoms with Crippen molar-refractivity contribution >= 4 is 15.7 Å². The number of nitro benzene ring substituents is 1. The minimum Gasteiger partial charge on any atom is -0.495 e. The average molecular weight is 358 g/mol. The highest BCUT2D eigenvalue weighted by atomic mass is 32.2. The molecule has 0 amide bonds. The van der Waals surface area contributed by atoms with Crippen LogP contribution >= 0.6 is 0 Å². The van der Waals surface area contributed by atoms with Crippen LogP contribution in [0.15, 0.2) is 23.1 Å². The number of piperazine rings is 1. The van der Waals surface area contributed by atoms with E-state index in [1.165, 1.54) is 19.2 Å². The van der Waals surface area contributed by atoms with E-state index in [4.69, 9.17) is 4.74 Å². The Balaban J connectivity index is 1.98. The maximum absolute atomic E-state index is 12.4. The van der Waals surface area contributed by atoms with Crippen LogP contribution in [0.3, 0.4) is 0 Å². The van der Waals surface area contributed by atoms with E-state index in [1.54, 1.807) is 0 Å². The van der Waals surface area contributed by atoms with Gasteiger partial charge in [-0.2, -0.15) is 0 Å². The van der Waals surface area contributed by atoms with Crippen LogP contribution in [-0.4, -0.2) is 64.6 Å². The quantitative estimate of drug-likeness (QED) is 0.387. The molecule has 1 fully saturated rings. The zero-order chi connectivity index (χ0) is 17.6. The summed E-state index contributed by atoms with van der Waals surface area (Å²) < 4.78 is 32.3. The predicted octanol–water partition coefficient (Wildman–Crippen LogP) is 0.177. The van der Waals surface area contributed by atoms with Crippen molar-refractivity contribution in [1.29, 1.82) is 0 Å². The van der Waals surface area contributed by atoms with Crippen molar-refractivity contribution in [2.75, 3.05) is 46.4 Å². The number of ether oxygens (including phenoxy) is 1. The monoisotopic (exact) mass is 358 g/mol. The van der Waals surface area contributed by atoms with Crippen LogP contribution in [-0.2, 0) is 10.0 Å². The number of hydrogen-bond donors (Lipinski definition) is 2. The number of nitrogens with zero attached hydrogens (tertiary/aromatic N) is 2. The molecule has 0 aromatic heterocycles. The Bertz CT molecular complexity index is 674. The minimum atomic E-state index is -3.87. The van der Waals surface area contributed by atoms with E-state index in [0.29, 0.717) is 6.42 Å². The summed E-state index contributed by atoms with van der Waals surface area (Å²) in [5.41, 5.74) is -0.294. The molecule has 1 aliphatic rings. The van der Waals surface area contributed by atoms with Gasteiger partial charge in [-0.3, -0.25) is 10.1 Å². The first-order chi connectivity index (χ1) is 11.4. The molecule has 0 radical (unpaired) electrons. The fourth-order valence-corrected chi connectivity index (χ4v) is 3.77. The summed E-state index contributed by atoms with van der Waals surface area (Å²) in [5.74, 6) is 0.0789. The summed E-state index contributed by atoms with van der Waals surface area (Å²) in [6.45, 7) is 4.85. The average Bonchev–Trinajstić information content (AvgIpc) is 2.59. The first-order valence-corrected chi connectivity index (χ1v) is 9.17. The maximum atomic E-state index is 12.4. The Morgan fingerprint density at radius 1 is 1.38 bits per heavy atom. The van der Waals surface area contributed by atoms with Crippen molar-refractivity contribution in [2.24, 2.45) is 0 Å². The van der Waals surface area contributed by atoms with Gasteiger partial charge in [0, 0.05) is 44.9 Å². The van der Waals surface area contributed by atoms with Crippen LogP contribution in [0.2, 0.25) is 0 Å². The molecule has 0 atom stereocenters. The lowest BCUT2D eigenvalue weighted by molar-refractivity contribution is -0.385. The van der Waals surface area contributed by atoms with Gasteiger partial charge in [0.2, 0.25) is 10.0 Å². The third-order valence-electron chi connectivity index (χ3n) is 3.80. The third kappa shape index (κ3) is 4.87. The Morgan fingerprint density at radius 3 is 2.71 bits per heavy atom. The van der Waals surface area contributed by atoms with E-state index in [-0.39, 0.29) is 22.9 Å². The van der Waals surface area contributed by atoms with E-state index < -0.39 is 14.9 Å². The molecule has 2 N–H and O–H groups in total. The number of methoxy groups -OCH3 is 1. The van der Waals surface area contributed by atoms with Gasteiger partial charge in [-0.05, 0) is 19.0 Å². The summed E-state index contributed by atoms with van der Waals surface area (Å²) in [4.78, 5) is 12.3. The van der Waals surface area contributed by atoms with Crippen LogP contribution < -0.4 is 14.8 Å². The van der Waals surface area contributed by atoms with Crippen LogP contribution in [0.4, 0.5) is 5.69 Å². The van der Waals surface area contributed by atoms with Crippen molar-refractivity contribution in [3.8, 4) is 5.75 Å². The molecule has 1 aromatic rings. The molecule has 0 aliphatic carbocycles. The van der Waals surface area contributed by atoms with Crippen LogP contribution in [0.1, 0.15) is 6.42 Å². The predicted molar refractivity (Wildman–Crippen MR) is 88.8 cm³/mol. The van der Waals surface area contributed by atoms with E-state index in [2.05, 4.69) is 14.9 Å². The van der Waals surface area contributed by atoms with Crippen molar-refractivity contribution in [1.82, 2.24) is 14.9 Å². The van der Waals surface area contributed by atoms with Gasteiger partial charge in [-0.15, -0.1) is 0 Å². The first-order valence-electron chi connectivity index (χ1n) is 7.69. The molecule has 9 nitrogen and oxygen atoms in total. The van der Waals surface area contributed by atoms with E-state index in [9.17, 15) is 18.5 Å². The molecule has 0 unspecified atom stereocenters. The standard InChI is InChI=1S/C14H22N4O5S/c1-23-13-4-3-12(18(19)20)11-14(13)24(21,22)16-5-2-8-17-9-6-15-7-10-17/h3-4,11,15-16H,2,5-10H2,1H3. The molecule has 1 aromatic carbocycles. The van der Waals surface area contributed by atoms with Gasteiger partial charge in [-0.25, -0.2) is 13.1 Å². The molecule has 134 valence electrons. The van der Waals surface area contributed by atoms with Gasteiger partial charge < -0.3 is 15.0 Å². The van der Waals surface area contributed by atoms with Gasteiger partial charge in [0.1, 0.15) is 10.6 Å². The van der Waals surface area contributed by atoms with Crippen molar-refractivity contribution in [3.63, 3.8) is 0 Å².